The first-order valence-corrected chi connectivity index (χ1v) is 10.8. The van der Waals surface area contributed by atoms with E-state index in [9.17, 15) is 9.59 Å². The number of anilines is 1. The molecule has 0 atom stereocenters. The number of carboxylic acid groups (broad SMARTS) is 1. The molecular weight excluding hydrogens is 440 g/mol. The summed E-state index contributed by atoms with van der Waals surface area (Å²) >= 11 is 1.28. The van der Waals surface area contributed by atoms with Gasteiger partial charge in [0.2, 0.25) is 0 Å². The van der Waals surface area contributed by atoms with E-state index in [0.29, 0.717) is 27.1 Å². The number of thioether (sulfide) groups is 1. The molecule has 4 rings (SSSR count). The first-order valence-electron chi connectivity index (χ1n) is 10.0. The monoisotopic (exact) mass is 460 g/mol. The van der Waals surface area contributed by atoms with E-state index in [1.165, 1.54) is 18.9 Å². The fourth-order valence-electron chi connectivity index (χ4n) is 3.15. The van der Waals surface area contributed by atoms with Crippen LogP contribution in [0.5, 0.6) is 11.5 Å². The number of carbonyl (C=O) groups is 2. The molecule has 0 aromatic heterocycles. The zero-order valence-electron chi connectivity index (χ0n) is 17.7. The average Bonchev–Trinajstić information content (AvgIpc) is 3.13. The summed E-state index contributed by atoms with van der Waals surface area (Å²) in [6, 6.07) is 23.9. The highest BCUT2D eigenvalue weighted by atomic mass is 32.2. The number of ether oxygens (including phenoxy) is 2. The minimum atomic E-state index is -1.08. The van der Waals surface area contributed by atoms with Crippen LogP contribution in [0.2, 0.25) is 0 Å². The van der Waals surface area contributed by atoms with E-state index >= 15 is 0 Å². The van der Waals surface area contributed by atoms with Crippen molar-refractivity contribution in [1.29, 1.82) is 0 Å². The van der Waals surface area contributed by atoms with Gasteiger partial charge in [-0.25, -0.2) is 9.79 Å². The molecule has 0 saturated carbocycles. The number of amidine groups is 1. The Labute approximate surface area is 195 Å². The maximum Gasteiger partial charge on any atom is 0.341 e. The summed E-state index contributed by atoms with van der Waals surface area (Å²) in [5, 5.41) is 9.38. The third-order valence-electron chi connectivity index (χ3n) is 4.64. The molecule has 1 saturated heterocycles. The third-order valence-corrected chi connectivity index (χ3v) is 5.61. The maximum absolute atomic E-state index is 13.3. The molecule has 0 aliphatic carbocycles. The van der Waals surface area contributed by atoms with E-state index in [4.69, 9.17) is 19.6 Å². The highest BCUT2D eigenvalue weighted by molar-refractivity contribution is 8.19. The van der Waals surface area contributed by atoms with E-state index in [-0.39, 0.29) is 5.91 Å². The topological polar surface area (TPSA) is 88.4 Å². The van der Waals surface area contributed by atoms with Crippen LogP contribution < -0.4 is 14.4 Å². The molecule has 1 heterocycles. The van der Waals surface area contributed by atoms with Crippen LogP contribution in [0.4, 0.5) is 11.4 Å². The maximum atomic E-state index is 13.3. The Balaban J connectivity index is 1.69. The summed E-state index contributed by atoms with van der Waals surface area (Å²) in [5.74, 6) is -0.586. The number of para-hydroxylation sites is 2. The van der Waals surface area contributed by atoms with Crippen molar-refractivity contribution in [2.24, 2.45) is 4.99 Å². The van der Waals surface area contributed by atoms with Crippen LogP contribution in [0.3, 0.4) is 0 Å². The average molecular weight is 461 g/mol. The molecule has 7 nitrogen and oxygen atoms in total. The molecule has 1 fully saturated rings. The summed E-state index contributed by atoms with van der Waals surface area (Å²) in [6.45, 7) is -0.476. The van der Waals surface area contributed by atoms with Crippen molar-refractivity contribution in [3.8, 4) is 11.5 Å². The van der Waals surface area contributed by atoms with Crippen LogP contribution in [-0.2, 0) is 9.59 Å². The highest BCUT2D eigenvalue weighted by Crippen LogP contribution is 2.38. The SMILES string of the molecule is COc1cc(/C=C2/SC(=Nc3ccccc3)N(c3ccccc3)C2=O)ccc1OCC(=O)O. The van der Waals surface area contributed by atoms with Crippen LogP contribution in [0.15, 0.2) is 88.8 Å². The lowest BCUT2D eigenvalue weighted by Gasteiger charge is -2.15. The summed E-state index contributed by atoms with van der Waals surface area (Å²) in [4.78, 5) is 30.9. The third kappa shape index (κ3) is 5.24. The number of carboxylic acids is 1. The second-order valence-corrected chi connectivity index (χ2v) is 7.92. The van der Waals surface area contributed by atoms with Crippen LogP contribution >= 0.6 is 11.8 Å². The molecule has 3 aromatic rings. The molecule has 1 amide bonds. The first-order chi connectivity index (χ1) is 16.0. The van der Waals surface area contributed by atoms with Gasteiger partial charge in [-0.05, 0) is 59.8 Å². The Kier molecular flexibility index (Phi) is 6.75. The highest BCUT2D eigenvalue weighted by Gasteiger charge is 2.34. The van der Waals surface area contributed by atoms with Gasteiger partial charge in [-0.15, -0.1) is 0 Å². The van der Waals surface area contributed by atoms with Crippen molar-refractivity contribution in [2.75, 3.05) is 18.6 Å². The lowest BCUT2D eigenvalue weighted by molar-refractivity contribution is -0.139. The molecule has 3 aromatic carbocycles. The van der Waals surface area contributed by atoms with Gasteiger partial charge in [0.25, 0.3) is 5.91 Å². The Hall–Kier alpha value is -4.04. The number of methoxy groups -OCH3 is 1. The van der Waals surface area contributed by atoms with Crippen LogP contribution in [0, 0.1) is 0 Å². The predicted octanol–water partition coefficient (Wildman–Crippen LogP) is 4.97. The lowest BCUT2D eigenvalue weighted by Crippen LogP contribution is -2.28. The van der Waals surface area contributed by atoms with Crippen molar-refractivity contribution < 1.29 is 24.2 Å². The predicted molar refractivity (Wildman–Crippen MR) is 129 cm³/mol. The Morgan fingerprint density at radius 3 is 2.39 bits per heavy atom. The summed E-state index contributed by atoms with van der Waals surface area (Å²) in [5.41, 5.74) is 2.18. The number of carbonyl (C=O) groups excluding carboxylic acids is 1. The molecule has 1 aliphatic heterocycles. The second-order valence-electron chi connectivity index (χ2n) is 6.91. The van der Waals surface area contributed by atoms with Crippen LogP contribution in [-0.4, -0.2) is 35.9 Å². The van der Waals surface area contributed by atoms with Gasteiger partial charge in [-0.3, -0.25) is 9.69 Å². The number of hydrogen-bond donors (Lipinski definition) is 1. The summed E-state index contributed by atoms with van der Waals surface area (Å²) in [6.07, 6.45) is 1.75. The van der Waals surface area contributed by atoms with E-state index in [1.54, 1.807) is 29.2 Å². The number of benzene rings is 3. The van der Waals surface area contributed by atoms with Gasteiger partial charge in [0.15, 0.2) is 23.3 Å². The van der Waals surface area contributed by atoms with Crippen molar-refractivity contribution in [3.63, 3.8) is 0 Å². The van der Waals surface area contributed by atoms with Gasteiger partial charge >= 0.3 is 5.97 Å². The Morgan fingerprint density at radius 1 is 1.03 bits per heavy atom. The van der Waals surface area contributed by atoms with Crippen molar-refractivity contribution >= 4 is 46.3 Å². The number of hydrogen-bond acceptors (Lipinski definition) is 6. The molecule has 1 N–H and O–H groups in total. The number of rotatable bonds is 7. The van der Waals surface area contributed by atoms with E-state index in [1.807, 2.05) is 60.7 Å². The second kappa shape index (κ2) is 10.1. The minimum absolute atomic E-state index is 0.189. The van der Waals surface area contributed by atoms with Crippen molar-refractivity contribution in [3.05, 3.63) is 89.3 Å². The smallest absolute Gasteiger partial charge is 0.341 e. The van der Waals surface area contributed by atoms with Gasteiger partial charge in [0.1, 0.15) is 0 Å². The number of nitrogens with zero attached hydrogens (tertiary/aromatic N) is 2. The standard InChI is InChI=1S/C25H20N2O5S/c1-31-21-14-17(12-13-20(21)32-16-23(28)29)15-22-24(30)27(19-10-6-3-7-11-19)25(33-22)26-18-8-4-2-5-9-18/h2-15H,16H2,1H3,(H,28,29)/b22-15+,26-25?. The van der Waals surface area contributed by atoms with E-state index in [0.717, 1.165) is 11.4 Å². The zero-order valence-corrected chi connectivity index (χ0v) is 18.5. The molecule has 0 bridgehead atoms. The Bertz CT molecular complexity index is 1230. The molecule has 8 heteroatoms. The largest absolute Gasteiger partial charge is 0.493 e. The molecule has 33 heavy (non-hydrogen) atoms. The van der Waals surface area contributed by atoms with Gasteiger partial charge < -0.3 is 14.6 Å². The lowest BCUT2D eigenvalue weighted by atomic mass is 10.2. The van der Waals surface area contributed by atoms with E-state index in [2.05, 4.69) is 0 Å². The number of amides is 1. The normalized spacial score (nSPS) is 15.8. The van der Waals surface area contributed by atoms with Gasteiger partial charge in [0, 0.05) is 0 Å². The fraction of sp³-hybridized carbons (Fsp3) is 0.0800. The molecule has 1 aliphatic rings. The zero-order chi connectivity index (χ0) is 23.2. The molecule has 0 radical (unpaired) electrons. The van der Waals surface area contributed by atoms with Crippen LogP contribution in [0.25, 0.3) is 6.08 Å². The van der Waals surface area contributed by atoms with Gasteiger partial charge in [-0.2, -0.15) is 0 Å². The Morgan fingerprint density at radius 2 is 1.73 bits per heavy atom. The van der Waals surface area contributed by atoms with Crippen molar-refractivity contribution in [1.82, 2.24) is 0 Å². The molecule has 166 valence electrons. The first kappa shape index (κ1) is 22.2. The van der Waals surface area contributed by atoms with Crippen LogP contribution in [0.1, 0.15) is 5.56 Å². The molecule has 0 spiro atoms. The van der Waals surface area contributed by atoms with Gasteiger partial charge in [0.05, 0.1) is 23.4 Å². The molecule has 0 unspecified atom stereocenters. The number of aliphatic carboxylic acids is 1. The summed E-state index contributed by atoms with van der Waals surface area (Å²) < 4.78 is 10.6. The van der Waals surface area contributed by atoms with E-state index < -0.39 is 12.6 Å². The minimum Gasteiger partial charge on any atom is -0.493 e. The fourth-order valence-corrected chi connectivity index (χ4v) is 4.15. The van der Waals surface area contributed by atoms with Gasteiger partial charge in [-0.1, -0.05) is 42.5 Å². The quantitative estimate of drug-likeness (QED) is 0.501. The number of aliphatic imine (C=N–C) groups is 1. The summed E-state index contributed by atoms with van der Waals surface area (Å²) in [7, 11) is 1.47. The van der Waals surface area contributed by atoms with Crippen molar-refractivity contribution in [2.45, 2.75) is 0 Å². The molecular formula is C25H20N2O5S.